The van der Waals surface area contributed by atoms with Gasteiger partial charge in [-0.2, -0.15) is 8.42 Å². The molecule has 0 amide bonds. The van der Waals surface area contributed by atoms with Crippen LogP contribution in [0.1, 0.15) is 0 Å². The van der Waals surface area contributed by atoms with Gasteiger partial charge < -0.3 is 9.47 Å². The van der Waals surface area contributed by atoms with Crippen LogP contribution in [-0.4, -0.2) is 36.9 Å². The summed E-state index contributed by atoms with van der Waals surface area (Å²) in [6.45, 7) is 0.831. The van der Waals surface area contributed by atoms with Crippen molar-refractivity contribution in [1.82, 2.24) is 0 Å². The van der Waals surface area contributed by atoms with Crippen molar-refractivity contribution < 1.29 is 31.8 Å². The molecule has 0 aromatic rings. The van der Waals surface area contributed by atoms with Gasteiger partial charge in [0.2, 0.25) is 0 Å². The molecule has 0 spiro atoms. The molecule has 0 radical (unpaired) electrons. The SMILES string of the molecule is O=C1OCCO1.O=S(=O)(O)O. The Morgan fingerprint density at radius 2 is 1.45 bits per heavy atom. The average molecular weight is 186 g/mol. The first-order valence-electron chi connectivity index (χ1n) is 2.39. The van der Waals surface area contributed by atoms with Crippen molar-refractivity contribution in [2.45, 2.75) is 0 Å². The zero-order valence-corrected chi connectivity index (χ0v) is 6.07. The van der Waals surface area contributed by atoms with Gasteiger partial charge >= 0.3 is 16.6 Å². The minimum atomic E-state index is -4.67. The van der Waals surface area contributed by atoms with Gasteiger partial charge in [-0.1, -0.05) is 0 Å². The minimum absolute atomic E-state index is 0.416. The number of ether oxygens (including phenoxy) is 2. The molecule has 0 unspecified atom stereocenters. The van der Waals surface area contributed by atoms with E-state index in [2.05, 4.69) is 9.47 Å². The van der Waals surface area contributed by atoms with E-state index in [1.165, 1.54) is 0 Å². The molecule has 0 saturated carbocycles. The summed E-state index contributed by atoms with van der Waals surface area (Å²) in [4.78, 5) is 9.80. The van der Waals surface area contributed by atoms with Gasteiger partial charge in [0, 0.05) is 0 Å². The van der Waals surface area contributed by atoms with Crippen LogP contribution < -0.4 is 0 Å². The molecule has 0 aromatic heterocycles. The van der Waals surface area contributed by atoms with E-state index < -0.39 is 16.6 Å². The van der Waals surface area contributed by atoms with Crippen LogP contribution in [0.25, 0.3) is 0 Å². The van der Waals surface area contributed by atoms with Gasteiger partial charge in [0.25, 0.3) is 0 Å². The lowest BCUT2D eigenvalue weighted by Crippen LogP contribution is -1.89. The fourth-order valence-corrected chi connectivity index (χ4v) is 0.292. The van der Waals surface area contributed by atoms with Gasteiger partial charge in [0.05, 0.1) is 0 Å². The van der Waals surface area contributed by atoms with Crippen LogP contribution >= 0.6 is 0 Å². The summed E-state index contributed by atoms with van der Waals surface area (Å²) < 4.78 is 40.2. The first kappa shape index (κ1) is 10.1. The maximum atomic E-state index is 9.80. The molecule has 7 nitrogen and oxygen atoms in total. The second-order valence-electron chi connectivity index (χ2n) is 1.39. The van der Waals surface area contributed by atoms with Crippen molar-refractivity contribution in [2.75, 3.05) is 13.2 Å². The Hall–Kier alpha value is -0.860. The highest BCUT2D eigenvalue weighted by atomic mass is 32.3. The molecule has 0 aromatic carbocycles. The van der Waals surface area contributed by atoms with E-state index in [1.54, 1.807) is 0 Å². The van der Waals surface area contributed by atoms with Crippen LogP contribution in [0.4, 0.5) is 4.79 Å². The van der Waals surface area contributed by atoms with Gasteiger partial charge in [0.15, 0.2) is 0 Å². The summed E-state index contributed by atoms with van der Waals surface area (Å²) in [6.07, 6.45) is -0.546. The van der Waals surface area contributed by atoms with Gasteiger partial charge in [-0.3, -0.25) is 9.11 Å². The van der Waals surface area contributed by atoms with Crippen molar-refractivity contribution in [2.24, 2.45) is 0 Å². The maximum Gasteiger partial charge on any atom is 0.508 e. The average Bonchev–Trinajstić information content (AvgIpc) is 2.12. The monoisotopic (exact) mass is 186 g/mol. The van der Waals surface area contributed by atoms with E-state index in [0.717, 1.165) is 0 Å². The fraction of sp³-hybridized carbons (Fsp3) is 0.667. The topological polar surface area (TPSA) is 110 Å². The molecule has 0 bridgehead atoms. The zero-order chi connectivity index (χ0) is 8.91. The largest absolute Gasteiger partial charge is 0.508 e. The zero-order valence-electron chi connectivity index (χ0n) is 5.26. The second kappa shape index (κ2) is 4.11. The van der Waals surface area contributed by atoms with Gasteiger partial charge in [-0.05, 0) is 0 Å². The molecule has 66 valence electrons. The lowest BCUT2D eigenvalue weighted by Gasteiger charge is -1.78. The molecule has 1 aliphatic heterocycles. The highest BCUT2D eigenvalue weighted by Crippen LogP contribution is 1.92. The molecule has 1 rings (SSSR count). The normalized spacial score (nSPS) is 16.0. The van der Waals surface area contributed by atoms with E-state index in [-0.39, 0.29) is 0 Å². The summed E-state index contributed by atoms with van der Waals surface area (Å²) in [6, 6.07) is 0. The van der Waals surface area contributed by atoms with Crippen LogP contribution in [0, 0.1) is 0 Å². The Morgan fingerprint density at radius 3 is 1.55 bits per heavy atom. The number of rotatable bonds is 0. The molecule has 0 atom stereocenters. The van der Waals surface area contributed by atoms with E-state index in [9.17, 15) is 4.79 Å². The molecule has 0 aliphatic carbocycles. The third-order valence-electron chi connectivity index (χ3n) is 0.523. The third-order valence-corrected chi connectivity index (χ3v) is 0.523. The Balaban J connectivity index is 0.000000187. The van der Waals surface area contributed by atoms with Crippen LogP contribution in [0.15, 0.2) is 0 Å². The van der Waals surface area contributed by atoms with Crippen molar-refractivity contribution in [3.05, 3.63) is 0 Å². The Labute approximate surface area is 62.5 Å². The van der Waals surface area contributed by atoms with Crippen molar-refractivity contribution in [3.8, 4) is 0 Å². The number of carbonyl (C=O) groups excluding carboxylic acids is 1. The fourth-order valence-electron chi connectivity index (χ4n) is 0.292. The summed E-state index contributed by atoms with van der Waals surface area (Å²) in [5.74, 6) is 0. The van der Waals surface area contributed by atoms with Crippen LogP contribution in [-0.2, 0) is 19.9 Å². The molecule has 2 N–H and O–H groups in total. The van der Waals surface area contributed by atoms with Crippen molar-refractivity contribution >= 4 is 16.6 Å². The number of hydrogen-bond donors (Lipinski definition) is 2. The van der Waals surface area contributed by atoms with E-state index >= 15 is 0 Å². The minimum Gasteiger partial charge on any atom is -0.431 e. The lowest BCUT2D eigenvalue weighted by atomic mass is 10.8. The predicted molar refractivity (Wildman–Crippen MR) is 31.5 cm³/mol. The van der Waals surface area contributed by atoms with Gasteiger partial charge in [-0.15, -0.1) is 0 Å². The quantitative estimate of drug-likeness (QED) is 0.387. The summed E-state index contributed by atoms with van der Waals surface area (Å²) in [7, 11) is -4.67. The first-order valence-corrected chi connectivity index (χ1v) is 3.79. The Bertz CT molecular complexity index is 200. The number of hydrogen-bond acceptors (Lipinski definition) is 5. The second-order valence-corrected chi connectivity index (χ2v) is 2.29. The molecule has 11 heavy (non-hydrogen) atoms. The molecular weight excluding hydrogens is 180 g/mol. The van der Waals surface area contributed by atoms with Crippen LogP contribution in [0.5, 0.6) is 0 Å². The van der Waals surface area contributed by atoms with Crippen LogP contribution in [0.3, 0.4) is 0 Å². The smallest absolute Gasteiger partial charge is 0.431 e. The highest BCUT2D eigenvalue weighted by molar-refractivity contribution is 7.79. The third kappa shape index (κ3) is 12.4. The lowest BCUT2D eigenvalue weighted by molar-refractivity contribution is 0.131. The van der Waals surface area contributed by atoms with Crippen LogP contribution in [0.2, 0.25) is 0 Å². The number of cyclic esters (lactones) is 2. The Morgan fingerprint density at radius 1 is 1.18 bits per heavy atom. The summed E-state index contributed by atoms with van der Waals surface area (Å²) in [5.41, 5.74) is 0. The molecule has 8 heteroatoms. The number of carbonyl (C=O) groups is 1. The van der Waals surface area contributed by atoms with Gasteiger partial charge in [0.1, 0.15) is 13.2 Å². The van der Waals surface area contributed by atoms with Gasteiger partial charge in [-0.25, -0.2) is 4.79 Å². The van der Waals surface area contributed by atoms with Crippen molar-refractivity contribution in [3.63, 3.8) is 0 Å². The Kier molecular flexibility index (Phi) is 3.79. The standard InChI is InChI=1S/C3H4O3.H2O4S/c4-3-5-1-2-6-3;1-5(2,3)4/h1-2H2;(H2,1,2,3,4). The highest BCUT2D eigenvalue weighted by Gasteiger charge is 2.09. The van der Waals surface area contributed by atoms with E-state index in [1.807, 2.05) is 0 Å². The summed E-state index contributed by atoms with van der Waals surface area (Å²) in [5, 5.41) is 0. The first-order chi connectivity index (χ1) is 4.89. The maximum absolute atomic E-state index is 9.80. The summed E-state index contributed by atoms with van der Waals surface area (Å²) >= 11 is 0. The molecule has 1 saturated heterocycles. The van der Waals surface area contributed by atoms with Crippen molar-refractivity contribution in [1.29, 1.82) is 0 Å². The van der Waals surface area contributed by atoms with E-state index in [4.69, 9.17) is 17.5 Å². The van der Waals surface area contributed by atoms with E-state index in [0.29, 0.717) is 13.2 Å². The molecule has 1 aliphatic rings. The molecular formula is C3H6O7S. The molecule has 1 heterocycles. The predicted octanol–water partition coefficient (Wildman–Crippen LogP) is -0.500. The molecule has 1 fully saturated rings.